The molecule has 0 aromatic heterocycles. The first kappa shape index (κ1) is 18.3. The van der Waals surface area contributed by atoms with Crippen LogP contribution in [0.25, 0.3) is 0 Å². The highest BCUT2D eigenvalue weighted by Gasteiger charge is 2.63. The van der Waals surface area contributed by atoms with Crippen molar-refractivity contribution < 1.29 is 13.7 Å². The molecule has 0 amide bonds. The van der Waals surface area contributed by atoms with Crippen LogP contribution in [0.4, 0.5) is 8.78 Å². The molecule has 2 fully saturated rings. The van der Waals surface area contributed by atoms with E-state index in [9.17, 15) is 24.6 Å². The van der Waals surface area contributed by atoms with Crippen LogP contribution < -0.4 is 4.90 Å². The van der Waals surface area contributed by atoms with E-state index < -0.39 is 34.8 Å². The first-order chi connectivity index (χ1) is 13.4. The summed E-state index contributed by atoms with van der Waals surface area (Å²) in [4.78, 5) is 1.16. The van der Waals surface area contributed by atoms with Crippen molar-refractivity contribution in [3.05, 3.63) is 47.0 Å². The molecule has 1 saturated heterocycles. The van der Waals surface area contributed by atoms with Crippen LogP contribution >= 0.6 is 0 Å². The number of nitrogens with one attached hydrogen (secondary N) is 2. The van der Waals surface area contributed by atoms with Gasteiger partial charge in [-0.2, -0.15) is 15.8 Å². The van der Waals surface area contributed by atoms with E-state index in [1.54, 1.807) is 0 Å². The van der Waals surface area contributed by atoms with E-state index in [1.807, 2.05) is 25.3 Å². The van der Waals surface area contributed by atoms with Gasteiger partial charge in [-0.3, -0.25) is 0 Å². The third kappa shape index (κ3) is 2.13. The Morgan fingerprint density at radius 1 is 1.14 bits per heavy atom. The molecule has 2 unspecified atom stereocenters. The second-order valence-electron chi connectivity index (χ2n) is 7.85. The molecule has 2 bridgehead atoms. The summed E-state index contributed by atoms with van der Waals surface area (Å²) in [6.45, 7) is 0. The van der Waals surface area contributed by atoms with Gasteiger partial charge in [-0.05, 0) is 23.8 Å². The van der Waals surface area contributed by atoms with Gasteiger partial charge in [-0.15, -0.1) is 0 Å². The van der Waals surface area contributed by atoms with Crippen molar-refractivity contribution in [1.82, 2.24) is 0 Å². The molecule has 1 saturated carbocycles. The standard InChI is InChI=1S/C21H17F2N5/c1-28-11-5-6-16(28)17-12(7-11)13(8-24)20(27)21(9-25,10-26)19(17)18-14(22)3-2-4-15(18)23/h2-4,7,11,13,16-17,19,27H,5-6H2,1H3/p+1/t11-,13?,16+,17-,19+/m1/s1. The summed E-state index contributed by atoms with van der Waals surface area (Å²) in [6, 6.07) is 9.39. The number of likely N-dealkylation sites (N-methyl/N-ethyl adjacent to an activating group) is 1. The van der Waals surface area contributed by atoms with Gasteiger partial charge in [-0.1, -0.05) is 6.07 Å². The zero-order valence-electron chi connectivity index (χ0n) is 15.2. The van der Waals surface area contributed by atoms with Crippen molar-refractivity contribution in [3.8, 4) is 18.2 Å². The second-order valence-corrected chi connectivity index (χ2v) is 7.85. The maximum absolute atomic E-state index is 14.8. The van der Waals surface area contributed by atoms with Gasteiger partial charge in [0.1, 0.15) is 23.6 Å². The highest BCUT2D eigenvalue weighted by atomic mass is 19.1. The van der Waals surface area contributed by atoms with Gasteiger partial charge in [0, 0.05) is 30.2 Å². The Balaban J connectivity index is 2.06. The lowest BCUT2D eigenvalue weighted by Crippen LogP contribution is -3.15. The lowest BCUT2D eigenvalue weighted by molar-refractivity contribution is -0.916. The van der Waals surface area contributed by atoms with Crippen molar-refractivity contribution in [2.45, 2.75) is 30.8 Å². The summed E-state index contributed by atoms with van der Waals surface area (Å²) in [5.41, 5.74) is -2.17. The van der Waals surface area contributed by atoms with Gasteiger partial charge in [0.15, 0.2) is 5.41 Å². The molecular formula is C21H18F2N5+. The van der Waals surface area contributed by atoms with Gasteiger partial charge in [0.25, 0.3) is 0 Å². The van der Waals surface area contributed by atoms with Crippen LogP contribution in [0.15, 0.2) is 29.8 Å². The van der Waals surface area contributed by atoms with Crippen molar-refractivity contribution in [1.29, 1.82) is 21.2 Å². The first-order valence-electron chi connectivity index (χ1n) is 9.21. The minimum Gasteiger partial charge on any atom is -0.329 e. The molecule has 0 spiro atoms. The Kier molecular flexibility index (Phi) is 4.07. The number of nitriles is 3. The Bertz CT molecular complexity index is 990. The Hall–Kier alpha value is -3.08. The zero-order valence-corrected chi connectivity index (χ0v) is 15.2. The predicted octanol–water partition coefficient (Wildman–Crippen LogP) is 1.86. The molecule has 2 N–H and O–H groups in total. The summed E-state index contributed by atoms with van der Waals surface area (Å²) in [6.07, 6.45) is 3.57. The summed E-state index contributed by atoms with van der Waals surface area (Å²) in [5.74, 6) is -4.42. The summed E-state index contributed by atoms with van der Waals surface area (Å²) < 4.78 is 29.7. The van der Waals surface area contributed by atoms with Crippen molar-refractivity contribution in [2.24, 2.45) is 17.3 Å². The highest BCUT2D eigenvalue weighted by Crippen LogP contribution is 2.56. The van der Waals surface area contributed by atoms with Crippen molar-refractivity contribution in [2.75, 3.05) is 7.05 Å². The van der Waals surface area contributed by atoms with Gasteiger partial charge >= 0.3 is 0 Å². The Labute approximate surface area is 161 Å². The lowest BCUT2D eigenvalue weighted by Gasteiger charge is -2.48. The molecular weight excluding hydrogens is 360 g/mol. The molecule has 3 aliphatic rings. The minimum absolute atomic E-state index is 0.0703. The number of benzene rings is 1. The van der Waals surface area contributed by atoms with Crippen LogP contribution in [0.1, 0.15) is 24.3 Å². The largest absolute Gasteiger partial charge is 0.329 e. The second kappa shape index (κ2) is 6.23. The normalized spacial score (nSPS) is 35.1. The SMILES string of the molecule is C[NH+]1[C@H]2C=C3C(C#N)C(=N)C(C#N)(C#N)[C@H](c4c(F)cccc4F)[C@H]3[C@@H]1CC2. The van der Waals surface area contributed by atoms with Crippen LogP contribution in [-0.2, 0) is 0 Å². The smallest absolute Gasteiger partial charge is 0.190 e. The van der Waals surface area contributed by atoms with Crippen molar-refractivity contribution in [3.63, 3.8) is 0 Å². The quantitative estimate of drug-likeness (QED) is 0.730. The predicted molar refractivity (Wildman–Crippen MR) is 94.9 cm³/mol. The van der Waals surface area contributed by atoms with Crippen LogP contribution in [-0.4, -0.2) is 24.8 Å². The number of nitrogens with zero attached hydrogens (tertiary/aromatic N) is 3. The molecule has 2 aliphatic heterocycles. The molecule has 1 aliphatic carbocycles. The van der Waals surface area contributed by atoms with Crippen molar-refractivity contribution >= 4 is 5.71 Å². The molecule has 4 rings (SSSR count). The average Bonchev–Trinajstić information content (AvgIpc) is 2.91. The van der Waals surface area contributed by atoms with E-state index in [0.717, 1.165) is 29.9 Å². The number of hydrogen-bond acceptors (Lipinski definition) is 4. The van der Waals surface area contributed by atoms with Crippen LogP contribution in [0.3, 0.4) is 0 Å². The molecule has 7 heteroatoms. The van der Waals surface area contributed by atoms with E-state index >= 15 is 0 Å². The van der Waals surface area contributed by atoms with Crippen LogP contribution in [0, 0.1) is 68.3 Å². The van der Waals surface area contributed by atoms with E-state index in [0.29, 0.717) is 5.57 Å². The Morgan fingerprint density at radius 3 is 2.36 bits per heavy atom. The minimum atomic E-state index is -2.10. The fourth-order valence-electron chi connectivity index (χ4n) is 5.51. The first-order valence-corrected chi connectivity index (χ1v) is 9.21. The zero-order chi connectivity index (χ0) is 20.2. The van der Waals surface area contributed by atoms with Gasteiger partial charge < -0.3 is 10.3 Å². The van der Waals surface area contributed by atoms with Gasteiger partial charge in [-0.25, -0.2) is 8.78 Å². The molecule has 28 heavy (non-hydrogen) atoms. The molecule has 6 atom stereocenters. The highest BCUT2D eigenvalue weighted by molar-refractivity contribution is 6.00. The number of rotatable bonds is 1. The van der Waals surface area contributed by atoms with E-state index in [-0.39, 0.29) is 23.4 Å². The summed E-state index contributed by atoms with van der Waals surface area (Å²) in [7, 11) is 1.99. The molecule has 140 valence electrons. The number of quaternary nitrogens is 1. The Morgan fingerprint density at radius 2 is 1.79 bits per heavy atom. The van der Waals surface area contributed by atoms with Gasteiger partial charge in [0.05, 0.1) is 37.0 Å². The van der Waals surface area contributed by atoms with E-state index in [1.165, 1.54) is 6.07 Å². The topological polar surface area (TPSA) is 99.7 Å². The number of hydrogen-bond donors (Lipinski definition) is 2. The van der Waals surface area contributed by atoms with E-state index in [2.05, 4.69) is 6.07 Å². The monoisotopic (exact) mass is 378 g/mol. The number of fused-ring (bicyclic) bond motifs is 4. The lowest BCUT2D eigenvalue weighted by atomic mass is 9.52. The third-order valence-corrected chi connectivity index (χ3v) is 6.84. The molecule has 2 heterocycles. The fourth-order valence-corrected chi connectivity index (χ4v) is 5.51. The maximum atomic E-state index is 14.8. The average molecular weight is 378 g/mol. The fraction of sp³-hybridized carbons (Fsp3) is 0.429. The van der Waals surface area contributed by atoms with Crippen LogP contribution in [0.5, 0.6) is 0 Å². The van der Waals surface area contributed by atoms with Crippen LogP contribution in [0.2, 0.25) is 0 Å². The molecule has 0 radical (unpaired) electrons. The van der Waals surface area contributed by atoms with Gasteiger partial charge in [0.2, 0.25) is 0 Å². The number of halogens is 2. The molecule has 1 aromatic rings. The third-order valence-electron chi connectivity index (χ3n) is 6.84. The summed E-state index contributed by atoms with van der Waals surface area (Å²) >= 11 is 0. The van der Waals surface area contributed by atoms with E-state index in [4.69, 9.17) is 5.41 Å². The molecule has 5 nitrogen and oxygen atoms in total. The molecule has 1 aromatic carbocycles. The maximum Gasteiger partial charge on any atom is 0.190 e. The summed E-state index contributed by atoms with van der Waals surface area (Å²) in [5, 5.41) is 38.2.